The summed E-state index contributed by atoms with van der Waals surface area (Å²) in [6, 6.07) is 11.6. The van der Waals surface area contributed by atoms with Crippen molar-refractivity contribution in [3.8, 4) is 11.5 Å². The van der Waals surface area contributed by atoms with Gasteiger partial charge in [-0.3, -0.25) is 4.79 Å². The van der Waals surface area contributed by atoms with Gasteiger partial charge < -0.3 is 14.4 Å². The number of amides is 1. The lowest BCUT2D eigenvalue weighted by Crippen LogP contribution is -2.26. The molecule has 0 unspecified atom stereocenters. The van der Waals surface area contributed by atoms with E-state index >= 15 is 0 Å². The summed E-state index contributed by atoms with van der Waals surface area (Å²) in [7, 11) is 1.81. The third kappa shape index (κ3) is 2.77. The number of hydrogen-bond acceptors (Lipinski definition) is 3. The van der Waals surface area contributed by atoms with Crippen molar-refractivity contribution in [2.45, 2.75) is 20.4 Å². The normalized spacial score (nSPS) is 12.3. The number of rotatable bonds is 3. The molecule has 2 aromatic carbocycles. The van der Waals surface area contributed by atoms with Crippen LogP contribution in [0.3, 0.4) is 0 Å². The molecule has 4 nitrogen and oxygen atoms in total. The highest BCUT2D eigenvalue weighted by Gasteiger charge is 2.18. The fourth-order valence-corrected chi connectivity index (χ4v) is 2.60. The van der Waals surface area contributed by atoms with E-state index in [4.69, 9.17) is 9.47 Å². The third-order valence-corrected chi connectivity index (χ3v) is 3.87. The standard InChI is InChI=1S/C18H19NO3/c1-12-4-5-15(13(2)8-12)10-19(3)18(20)14-6-7-16-17(9-14)22-11-21-16/h4-9H,10-11H2,1-3H3. The topological polar surface area (TPSA) is 38.8 Å². The van der Waals surface area contributed by atoms with Crippen LogP contribution in [0.2, 0.25) is 0 Å². The lowest BCUT2D eigenvalue weighted by atomic mass is 10.1. The largest absolute Gasteiger partial charge is 0.454 e. The smallest absolute Gasteiger partial charge is 0.254 e. The van der Waals surface area contributed by atoms with Crippen molar-refractivity contribution in [2.75, 3.05) is 13.8 Å². The number of nitrogens with zero attached hydrogens (tertiary/aromatic N) is 1. The highest BCUT2D eigenvalue weighted by molar-refractivity contribution is 5.94. The fraction of sp³-hybridized carbons (Fsp3) is 0.278. The van der Waals surface area contributed by atoms with E-state index in [9.17, 15) is 4.79 Å². The molecule has 0 aliphatic carbocycles. The molecule has 3 rings (SSSR count). The Morgan fingerprint density at radius 2 is 1.86 bits per heavy atom. The summed E-state index contributed by atoms with van der Waals surface area (Å²) in [5, 5.41) is 0. The predicted molar refractivity (Wildman–Crippen MR) is 84.3 cm³/mol. The van der Waals surface area contributed by atoms with E-state index < -0.39 is 0 Å². The molecule has 0 saturated heterocycles. The van der Waals surface area contributed by atoms with Gasteiger partial charge in [0.25, 0.3) is 5.91 Å². The van der Waals surface area contributed by atoms with Gasteiger partial charge in [0.1, 0.15) is 0 Å². The molecular weight excluding hydrogens is 278 g/mol. The second kappa shape index (κ2) is 5.72. The van der Waals surface area contributed by atoms with Crippen molar-refractivity contribution in [3.63, 3.8) is 0 Å². The van der Waals surface area contributed by atoms with Gasteiger partial charge in [-0.1, -0.05) is 23.8 Å². The first-order valence-electron chi connectivity index (χ1n) is 7.26. The van der Waals surface area contributed by atoms with E-state index in [1.165, 1.54) is 11.1 Å². The first kappa shape index (κ1) is 14.4. The maximum Gasteiger partial charge on any atom is 0.254 e. The van der Waals surface area contributed by atoms with Gasteiger partial charge in [-0.05, 0) is 43.2 Å². The number of fused-ring (bicyclic) bond motifs is 1. The molecule has 0 bridgehead atoms. The van der Waals surface area contributed by atoms with Gasteiger partial charge in [0.15, 0.2) is 11.5 Å². The van der Waals surface area contributed by atoms with Crippen molar-refractivity contribution >= 4 is 5.91 Å². The molecule has 1 aliphatic heterocycles. The Bertz CT molecular complexity index is 724. The summed E-state index contributed by atoms with van der Waals surface area (Å²) < 4.78 is 10.6. The minimum Gasteiger partial charge on any atom is -0.454 e. The Balaban J connectivity index is 1.77. The van der Waals surface area contributed by atoms with Crippen molar-refractivity contribution in [2.24, 2.45) is 0 Å². The summed E-state index contributed by atoms with van der Waals surface area (Å²) in [5.74, 6) is 1.29. The Morgan fingerprint density at radius 1 is 1.09 bits per heavy atom. The lowest BCUT2D eigenvalue weighted by molar-refractivity contribution is 0.0784. The first-order valence-corrected chi connectivity index (χ1v) is 7.26. The van der Waals surface area contributed by atoms with Gasteiger partial charge in [0.2, 0.25) is 6.79 Å². The van der Waals surface area contributed by atoms with Crippen molar-refractivity contribution in [3.05, 3.63) is 58.7 Å². The monoisotopic (exact) mass is 297 g/mol. The molecule has 0 spiro atoms. The third-order valence-electron chi connectivity index (χ3n) is 3.87. The summed E-state index contributed by atoms with van der Waals surface area (Å²) >= 11 is 0. The second-order valence-corrected chi connectivity index (χ2v) is 5.66. The van der Waals surface area contributed by atoms with Gasteiger partial charge in [-0.25, -0.2) is 0 Å². The van der Waals surface area contributed by atoms with Gasteiger partial charge in [0, 0.05) is 19.2 Å². The van der Waals surface area contributed by atoms with E-state index in [-0.39, 0.29) is 12.7 Å². The van der Waals surface area contributed by atoms with Crippen LogP contribution in [0.15, 0.2) is 36.4 Å². The Kier molecular flexibility index (Phi) is 3.75. The van der Waals surface area contributed by atoms with E-state index in [0.717, 1.165) is 5.56 Å². The zero-order valence-electron chi connectivity index (χ0n) is 13.1. The lowest BCUT2D eigenvalue weighted by Gasteiger charge is -2.19. The van der Waals surface area contributed by atoms with Crippen LogP contribution in [0.25, 0.3) is 0 Å². The quantitative estimate of drug-likeness (QED) is 0.872. The number of ether oxygens (including phenoxy) is 2. The minimum atomic E-state index is -0.0294. The minimum absolute atomic E-state index is 0.0294. The van der Waals surface area contributed by atoms with Gasteiger partial charge in [0.05, 0.1) is 0 Å². The average Bonchev–Trinajstić information content (AvgIpc) is 2.96. The molecule has 0 aromatic heterocycles. The Labute approximate surface area is 130 Å². The van der Waals surface area contributed by atoms with Crippen LogP contribution in [0.4, 0.5) is 0 Å². The first-order chi connectivity index (χ1) is 10.5. The van der Waals surface area contributed by atoms with E-state index in [2.05, 4.69) is 32.0 Å². The zero-order valence-corrected chi connectivity index (χ0v) is 13.1. The molecule has 1 heterocycles. The molecular formula is C18H19NO3. The molecule has 1 amide bonds. The maximum absolute atomic E-state index is 12.6. The number of carbonyl (C=O) groups excluding carboxylic acids is 1. The zero-order chi connectivity index (χ0) is 15.7. The summed E-state index contributed by atoms with van der Waals surface area (Å²) in [6.45, 7) is 4.93. The maximum atomic E-state index is 12.6. The average molecular weight is 297 g/mol. The molecule has 22 heavy (non-hydrogen) atoms. The number of hydrogen-bond donors (Lipinski definition) is 0. The van der Waals surface area contributed by atoms with Crippen LogP contribution in [-0.4, -0.2) is 24.6 Å². The highest BCUT2D eigenvalue weighted by Crippen LogP contribution is 2.32. The molecule has 0 N–H and O–H groups in total. The van der Waals surface area contributed by atoms with Crippen LogP contribution >= 0.6 is 0 Å². The molecule has 0 atom stereocenters. The number of benzene rings is 2. The van der Waals surface area contributed by atoms with Gasteiger partial charge >= 0.3 is 0 Å². The predicted octanol–water partition coefficient (Wildman–Crippen LogP) is 3.30. The van der Waals surface area contributed by atoms with Crippen LogP contribution < -0.4 is 9.47 Å². The molecule has 1 aliphatic rings. The molecule has 4 heteroatoms. The second-order valence-electron chi connectivity index (χ2n) is 5.66. The number of aryl methyl sites for hydroxylation is 2. The number of carbonyl (C=O) groups is 1. The van der Waals surface area contributed by atoms with E-state index in [0.29, 0.717) is 23.6 Å². The van der Waals surface area contributed by atoms with Crippen LogP contribution in [0, 0.1) is 13.8 Å². The van der Waals surface area contributed by atoms with Crippen molar-refractivity contribution in [1.82, 2.24) is 4.90 Å². The van der Waals surface area contributed by atoms with Crippen molar-refractivity contribution < 1.29 is 14.3 Å². The molecule has 0 fully saturated rings. The Morgan fingerprint density at radius 3 is 2.64 bits per heavy atom. The molecule has 2 aromatic rings. The van der Waals surface area contributed by atoms with Crippen LogP contribution in [0.5, 0.6) is 11.5 Å². The van der Waals surface area contributed by atoms with E-state index in [1.54, 1.807) is 23.1 Å². The fourth-order valence-electron chi connectivity index (χ4n) is 2.60. The highest BCUT2D eigenvalue weighted by atomic mass is 16.7. The summed E-state index contributed by atoms with van der Waals surface area (Å²) in [4.78, 5) is 14.3. The molecule has 0 radical (unpaired) electrons. The molecule has 114 valence electrons. The SMILES string of the molecule is Cc1ccc(CN(C)C(=O)c2ccc3c(c2)OCO3)c(C)c1. The molecule has 0 saturated carbocycles. The van der Waals surface area contributed by atoms with Crippen LogP contribution in [-0.2, 0) is 6.54 Å². The van der Waals surface area contributed by atoms with E-state index in [1.807, 2.05) is 7.05 Å². The Hall–Kier alpha value is -2.49. The van der Waals surface area contributed by atoms with Gasteiger partial charge in [-0.15, -0.1) is 0 Å². The summed E-state index contributed by atoms with van der Waals surface area (Å²) in [5.41, 5.74) is 4.19. The summed E-state index contributed by atoms with van der Waals surface area (Å²) in [6.07, 6.45) is 0. The van der Waals surface area contributed by atoms with Crippen LogP contribution in [0.1, 0.15) is 27.0 Å². The van der Waals surface area contributed by atoms with Crippen molar-refractivity contribution in [1.29, 1.82) is 0 Å². The van der Waals surface area contributed by atoms with Gasteiger partial charge in [-0.2, -0.15) is 0 Å².